The molecule has 0 atom stereocenters. The van der Waals surface area contributed by atoms with Crippen molar-refractivity contribution in [1.29, 1.82) is 0 Å². The van der Waals surface area contributed by atoms with E-state index in [1.165, 1.54) is 7.11 Å². The van der Waals surface area contributed by atoms with Crippen molar-refractivity contribution in [2.24, 2.45) is 0 Å². The summed E-state index contributed by atoms with van der Waals surface area (Å²) in [5, 5.41) is 10.8. The number of halogens is 1. The summed E-state index contributed by atoms with van der Waals surface area (Å²) in [5.74, 6) is 1.14. The van der Waals surface area contributed by atoms with E-state index in [0.29, 0.717) is 33.5 Å². The Kier molecular flexibility index (Phi) is 3.84. The number of allylic oxidation sites excluding steroid dienone is 1. The monoisotopic (exact) mass is 398 g/mol. The van der Waals surface area contributed by atoms with Crippen LogP contribution in [0.4, 0.5) is 0 Å². The van der Waals surface area contributed by atoms with Gasteiger partial charge in [-0.1, -0.05) is 12.1 Å². The number of hydrogen-bond acceptors (Lipinski definition) is 4. The number of phenols is 1. The van der Waals surface area contributed by atoms with E-state index in [-0.39, 0.29) is 11.3 Å². The topological polar surface area (TPSA) is 64.4 Å². The van der Waals surface area contributed by atoms with Crippen LogP contribution in [-0.4, -0.2) is 21.8 Å². The van der Waals surface area contributed by atoms with Crippen LogP contribution in [0.5, 0.6) is 11.5 Å². The molecule has 1 aromatic heterocycles. The number of aromatic nitrogens is 2. The zero-order valence-corrected chi connectivity index (χ0v) is 15.1. The van der Waals surface area contributed by atoms with Gasteiger partial charge in [0.05, 0.1) is 22.5 Å². The van der Waals surface area contributed by atoms with E-state index in [9.17, 15) is 9.90 Å². The maximum Gasteiger partial charge on any atom is 0.261 e. The Balaban J connectivity index is 1.87. The van der Waals surface area contributed by atoms with E-state index >= 15 is 0 Å². The number of para-hydroxylation sites is 1. The molecule has 2 heterocycles. The molecule has 0 spiro atoms. The minimum atomic E-state index is -0.0133. The molecule has 5 nitrogen and oxygen atoms in total. The van der Waals surface area contributed by atoms with Crippen molar-refractivity contribution in [3.8, 4) is 11.5 Å². The number of ether oxygens (including phenoxy) is 1. The van der Waals surface area contributed by atoms with Crippen LogP contribution in [0, 0.1) is 0 Å². The number of phenolic OH excluding ortho intramolecular Hbond substituents is 1. The van der Waals surface area contributed by atoms with Gasteiger partial charge in [0.1, 0.15) is 5.82 Å². The number of rotatable bonds is 2. The van der Waals surface area contributed by atoms with E-state index in [1.54, 1.807) is 16.7 Å². The first kappa shape index (κ1) is 15.9. The third-order valence-corrected chi connectivity index (χ3v) is 5.25. The van der Waals surface area contributed by atoms with Gasteiger partial charge in [-0.3, -0.25) is 9.36 Å². The quantitative estimate of drug-likeness (QED) is 0.712. The highest BCUT2D eigenvalue weighted by atomic mass is 79.9. The molecule has 4 rings (SSSR count). The number of hydrogen-bond donors (Lipinski definition) is 1. The standard InChI is InChI=1S/C19H15BrN2O3/c1-25-15-7-6-11(16(20)17(15)23)10-12-8-9-22-18(12)21-14-5-3-2-4-13(14)19(22)24/h2-7,10,23H,8-9H2,1H3/b12-10+. The summed E-state index contributed by atoms with van der Waals surface area (Å²) in [7, 11) is 1.51. The molecule has 0 saturated heterocycles. The van der Waals surface area contributed by atoms with Crippen LogP contribution in [0.3, 0.4) is 0 Å². The molecule has 6 heteroatoms. The highest BCUT2D eigenvalue weighted by Crippen LogP contribution is 2.38. The Morgan fingerprint density at radius 2 is 2.08 bits per heavy atom. The highest BCUT2D eigenvalue weighted by Gasteiger charge is 2.21. The van der Waals surface area contributed by atoms with Gasteiger partial charge in [0.2, 0.25) is 0 Å². The Morgan fingerprint density at radius 1 is 1.28 bits per heavy atom. The van der Waals surface area contributed by atoms with Crippen molar-refractivity contribution in [1.82, 2.24) is 9.55 Å². The van der Waals surface area contributed by atoms with Gasteiger partial charge in [-0.15, -0.1) is 0 Å². The Bertz CT molecular complexity index is 1090. The second kappa shape index (κ2) is 6.04. The van der Waals surface area contributed by atoms with Crippen LogP contribution in [-0.2, 0) is 6.54 Å². The molecular formula is C19H15BrN2O3. The second-order valence-corrected chi connectivity index (χ2v) is 6.64. The summed E-state index contributed by atoms with van der Waals surface area (Å²) >= 11 is 3.41. The smallest absolute Gasteiger partial charge is 0.261 e. The van der Waals surface area contributed by atoms with Gasteiger partial charge in [-0.2, -0.15) is 0 Å². The van der Waals surface area contributed by atoms with Crippen LogP contribution in [0.2, 0.25) is 0 Å². The maximum atomic E-state index is 12.7. The zero-order chi connectivity index (χ0) is 17.6. The fourth-order valence-electron chi connectivity index (χ4n) is 3.13. The van der Waals surface area contributed by atoms with Crippen LogP contribution >= 0.6 is 15.9 Å². The lowest BCUT2D eigenvalue weighted by atomic mass is 10.1. The molecule has 126 valence electrons. The van der Waals surface area contributed by atoms with Crippen LogP contribution in [0.1, 0.15) is 17.8 Å². The van der Waals surface area contributed by atoms with E-state index < -0.39 is 0 Å². The molecular weight excluding hydrogens is 384 g/mol. The largest absolute Gasteiger partial charge is 0.503 e. The summed E-state index contributed by atoms with van der Waals surface area (Å²) in [4.78, 5) is 17.3. The molecule has 1 aliphatic rings. The van der Waals surface area contributed by atoms with Crippen molar-refractivity contribution in [2.45, 2.75) is 13.0 Å². The maximum absolute atomic E-state index is 12.7. The van der Waals surface area contributed by atoms with E-state index in [1.807, 2.05) is 30.3 Å². The molecule has 1 N–H and O–H groups in total. The SMILES string of the molecule is COc1ccc(/C=C2\CCn3c2nc2ccccc2c3=O)c(Br)c1O. The van der Waals surface area contributed by atoms with Gasteiger partial charge < -0.3 is 9.84 Å². The fraction of sp³-hybridized carbons (Fsp3) is 0.158. The second-order valence-electron chi connectivity index (χ2n) is 5.85. The zero-order valence-electron chi connectivity index (χ0n) is 13.5. The molecule has 3 aromatic rings. The van der Waals surface area contributed by atoms with Gasteiger partial charge in [0.15, 0.2) is 11.5 Å². The number of benzene rings is 2. The van der Waals surface area contributed by atoms with Crippen molar-refractivity contribution in [3.05, 3.63) is 62.6 Å². The molecule has 0 amide bonds. The molecule has 0 aliphatic carbocycles. The molecule has 0 radical (unpaired) electrons. The lowest BCUT2D eigenvalue weighted by Gasteiger charge is -2.08. The molecule has 25 heavy (non-hydrogen) atoms. The lowest BCUT2D eigenvalue weighted by molar-refractivity contribution is 0.372. The molecule has 2 aromatic carbocycles. The molecule has 1 aliphatic heterocycles. The summed E-state index contributed by atoms with van der Waals surface area (Å²) in [6, 6.07) is 10.9. The predicted molar refractivity (Wildman–Crippen MR) is 101 cm³/mol. The minimum absolute atomic E-state index is 0.0133. The Morgan fingerprint density at radius 3 is 2.88 bits per heavy atom. The van der Waals surface area contributed by atoms with Gasteiger partial charge in [0, 0.05) is 6.54 Å². The number of fused-ring (bicyclic) bond motifs is 2. The molecule has 0 bridgehead atoms. The summed E-state index contributed by atoms with van der Waals surface area (Å²) in [6.07, 6.45) is 2.67. The van der Waals surface area contributed by atoms with Crippen molar-refractivity contribution in [3.63, 3.8) is 0 Å². The first-order valence-electron chi connectivity index (χ1n) is 7.86. The third kappa shape index (κ3) is 2.53. The van der Waals surface area contributed by atoms with E-state index in [2.05, 4.69) is 20.9 Å². The predicted octanol–water partition coefficient (Wildman–Crippen LogP) is 3.82. The minimum Gasteiger partial charge on any atom is -0.503 e. The normalized spacial score (nSPS) is 14.9. The average Bonchev–Trinajstić information content (AvgIpc) is 3.02. The van der Waals surface area contributed by atoms with E-state index in [0.717, 1.165) is 17.6 Å². The highest BCUT2D eigenvalue weighted by molar-refractivity contribution is 9.10. The van der Waals surface area contributed by atoms with Gasteiger partial charge in [-0.25, -0.2) is 4.98 Å². The number of aromatic hydroxyl groups is 1. The molecule has 0 saturated carbocycles. The first-order chi connectivity index (χ1) is 12.1. The summed E-state index contributed by atoms with van der Waals surface area (Å²) < 4.78 is 7.38. The average molecular weight is 399 g/mol. The van der Waals surface area contributed by atoms with Crippen molar-refractivity contribution in [2.75, 3.05) is 7.11 Å². The molecule has 0 fully saturated rings. The summed E-state index contributed by atoms with van der Waals surface area (Å²) in [6.45, 7) is 0.609. The van der Waals surface area contributed by atoms with Crippen LogP contribution < -0.4 is 10.3 Å². The van der Waals surface area contributed by atoms with Crippen molar-refractivity contribution < 1.29 is 9.84 Å². The summed E-state index contributed by atoms with van der Waals surface area (Å²) in [5.41, 5.74) is 2.46. The Hall–Kier alpha value is -2.60. The number of nitrogens with zero attached hydrogens (tertiary/aromatic N) is 2. The van der Waals surface area contributed by atoms with Crippen LogP contribution in [0.25, 0.3) is 22.6 Å². The van der Waals surface area contributed by atoms with Gasteiger partial charge in [-0.05, 0) is 63.8 Å². The van der Waals surface area contributed by atoms with E-state index in [4.69, 9.17) is 4.74 Å². The Labute approximate surface area is 152 Å². The lowest BCUT2D eigenvalue weighted by Crippen LogP contribution is -2.20. The molecule has 0 unspecified atom stereocenters. The van der Waals surface area contributed by atoms with Gasteiger partial charge >= 0.3 is 0 Å². The fourth-order valence-corrected chi connectivity index (χ4v) is 3.57. The third-order valence-electron chi connectivity index (χ3n) is 4.41. The number of methoxy groups -OCH3 is 1. The van der Waals surface area contributed by atoms with Crippen LogP contribution in [0.15, 0.2) is 45.7 Å². The van der Waals surface area contributed by atoms with Crippen molar-refractivity contribution >= 4 is 38.5 Å². The van der Waals surface area contributed by atoms with Gasteiger partial charge in [0.25, 0.3) is 5.56 Å². The first-order valence-corrected chi connectivity index (χ1v) is 8.65.